The van der Waals surface area contributed by atoms with Gasteiger partial charge in [0.25, 0.3) is 5.91 Å². The molecule has 0 aliphatic carbocycles. The second kappa shape index (κ2) is 7.68. The van der Waals surface area contributed by atoms with Gasteiger partial charge >= 0.3 is 0 Å². The Morgan fingerprint density at radius 1 is 1.04 bits per heavy atom. The van der Waals surface area contributed by atoms with Crippen molar-refractivity contribution in [1.82, 2.24) is 9.97 Å². The molecule has 5 heteroatoms. The zero-order valence-electron chi connectivity index (χ0n) is 15.0. The highest BCUT2D eigenvalue weighted by Gasteiger charge is 2.10. The van der Waals surface area contributed by atoms with Crippen LogP contribution in [0.1, 0.15) is 29.3 Å². The number of aromatic nitrogens is 2. The van der Waals surface area contributed by atoms with E-state index in [1.165, 1.54) is 16.9 Å². The highest BCUT2D eigenvalue weighted by Crippen LogP contribution is 2.26. The number of nitrogens with zero attached hydrogens (tertiary/aromatic N) is 2. The van der Waals surface area contributed by atoms with E-state index >= 15 is 0 Å². The lowest BCUT2D eigenvalue weighted by atomic mass is 10.1. The molecule has 0 aliphatic rings. The molecule has 4 aromatic rings. The van der Waals surface area contributed by atoms with Crippen LogP contribution in [0.15, 0.2) is 66.9 Å². The largest absolute Gasteiger partial charge is 0.298 e. The predicted molar refractivity (Wildman–Crippen MR) is 111 cm³/mol. The SMILES string of the molecule is CCCc1ccc(-c2ccc(C(=O)Nc3nc4ccccc4s3)cc2)nc1. The summed E-state index contributed by atoms with van der Waals surface area (Å²) >= 11 is 1.47. The summed E-state index contributed by atoms with van der Waals surface area (Å²) in [5.41, 5.74) is 4.64. The molecule has 0 unspecified atom stereocenters. The fourth-order valence-electron chi connectivity index (χ4n) is 2.92. The van der Waals surface area contributed by atoms with E-state index in [1.54, 1.807) is 0 Å². The highest BCUT2D eigenvalue weighted by molar-refractivity contribution is 7.22. The molecule has 1 N–H and O–H groups in total. The van der Waals surface area contributed by atoms with Gasteiger partial charge in [-0.05, 0) is 42.3 Å². The number of carbonyl (C=O) groups excluding carboxylic acids is 1. The summed E-state index contributed by atoms with van der Waals surface area (Å²) in [5, 5.41) is 3.49. The molecular weight excluding hydrogens is 354 g/mol. The molecule has 2 aromatic heterocycles. The van der Waals surface area contributed by atoms with Gasteiger partial charge in [0.2, 0.25) is 0 Å². The van der Waals surface area contributed by atoms with Crippen molar-refractivity contribution in [3.8, 4) is 11.3 Å². The Balaban J connectivity index is 1.48. The van der Waals surface area contributed by atoms with Crippen LogP contribution in [-0.4, -0.2) is 15.9 Å². The van der Waals surface area contributed by atoms with Gasteiger partial charge in [-0.3, -0.25) is 15.1 Å². The van der Waals surface area contributed by atoms with Gasteiger partial charge in [-0.25, -0.2) is 4.98 Å². The number of para-hydroxylation sites is 1. The lowest BCUT2D eigenvalue weighted by Crippen LogP contribution is -2.11. The number of nitrogens with one attached hydrogen (secondary N) is 1. The van der Waals surface area contributed by atoms with Crippen molar-refractivity contribution in [1.29, 1.82) is 0 Å². The fraction of sp³-hybridized carbons (Fsp3) is 0.136. The minimum atomic E-state index is -0.160. The second-order valence-electron chi connectivity index (χ2n) is 6.32. The lowest BCUT2D eigenvalue weighted by molar-refractivity contribution is 0.102. The van der Waals surface area contributed by atoms with E-state index in [9.17, 15) is 4.79 Å². The van der Waals surface area contributed by atoms with Crippen molar-refractivity contribution in [3.63, 3.8) is 0 Å². The summed E-state index contributed by atoms with van der Waals surface area (Å²) in [6.07, 6.45) is 4.07. The molecule has 4 nitrogen and oxygen atoms in total. The van der Waals surface area contributed by atoms with Crippen molar-refractivity contribution in [2.45, 2.75) is 19.8 Å². The smallest absolute Gasteiger partial charge is 0.257 e. The Labute approximate surface area is 161 Å². The first-order valence-corrected chi connectivity index (χ1v) is 9.77. The third-order valence-corrected chi connectivity index (χ3v) is 5.27. The van der Waals surface area contributed by atoms with E-state index < -0.39 is 0 Å². The van der Waals surface area contributed by atoms with E-state index in [4.69, 9.17) is 0 Å². The van der Waals surface area contributed by atoms with Gasteiger partial charge in [0.15, 0.2) is 5.13 Å². The van der Waals surface area contributed by atoms with Crippen LogP contribution in [0, 0.1) is 0 Å². The van der Waals surface area contributed by atoms with E-state index in [0.717, 1.165) is 34.3 Å². The zero-order valence-corrected chi connectivity index (χ0v) is 15.8. The van der Waals surface area contributed by atoms with Crippen LogP contribution in [-0.2, 0) is 6.42 Å². The van der Waals surface area contributed by atoms with Crippen LogP contribution in [0.25, 0.3) is 21.5 Å². The Bertz CT molecular complexity index is 1040. The molecule has 0 aliphatic heterocycles. The number of aryl methyl sites for hydroxylation is 1. The van der Waals surface area contributed by atoms with E-state index in [2.05, 4.69) is 28.3 Å². The van der Waals surface area contributed by atoms with Gasteiger partial charge in [-0.1, -0.05) is 55.0 Å². The molecule has 134 valence electrons. The lowest BCUT2D eigenvalue weighted by Gasteiger charge is -2.05. The average Bonchev–Trinajstić information content (AvgIpc) is 3.11. The van der Waals surface area contributed by atoms with Gasteiger partial charge in [-0.2, -0.15) is 0 Å². The molecule has 0 radical (unpaired) electrons. The minimum Gasteiger partial charge on any atom is -0.298 e. The maximum absolute atomic E-state index is 12.5. The summed E-state index contributed by atoms with van der Waals surface area (Å²) in [6, 6.07) is 19.5. The molecule has 1 amide bonds. The molecule has 2 heterocycles. The first-order chi connectivity index (χ1) is 13.2. The number of amides is 1. The molecule has 0 saturated carbocycles. The molecule has 2 aromatic carbocycles. The van der Waals surface area contributed by atoms with Crippen LogP contribution in [0.5, 0.6) is 0 Å². The number of carbonyl (C=O) groups is 1. The maximum atomic E-state index is 12.5. The third kappa shape index (κ3) is 3.88. The fourth-order valence-corrected chi connectivity index (χ4v) is 3.78. The number of fused-ring (bicyclic) bond motifs is 1. The number of pyridine rings is 1. The minimum absolute atomic E-state index is 0.160. The van der Waals surface area contributed by atoms with Gasteiger partial charge < -0.3 is 0 Å². The van der Waals surface area contributed by atoms with Crippen LogP contribution in [0.2, 0.25) is 0 Å². The van der Waals surface area contributed by atoms with E-state index in [-0.39, 0.29) is 5.91 Å². The van der Waals surface area contributed by atoms with Crippen LogP contribution < -0.4 is 5.32 Å². The van der Waals surface area contributed by atoms with E-state index in [0.29, 0.717) is 10.7 Å². The summed E-state index contributed by atoms with van der Waals surface area (Å²) in [7, 11) is 0. The molecule has 0 bridgehead atoms. The summed E-state index contributed by atoms with van der Waals surface area (Å²) in [6.45, 7) is 2.16. The predicted octanol–water partition coefficient (Wildman–Crippen LogP) is 5.56. The summed E-state index contributed by atoms with van der Waals surface area (Å²) in [5.74, 6) is -0.160. The molecule has 0 atom stereocenters. The first kappa shape index (κ1) is 17.4. The standard InChI is InChI=1S/C22H19N3OS/c1-2-5-15-8-13-18(23-14-15)16-9-11-17(12-10-16)21(26)25-22-24-19-6-3-4-7-20(19)27-22/h3-4,6-14H,2,5H2,1H3,(H,24,25,26). The third-order valence-electron chi connectivity index (χ3n) is 4.32. The second-order valence-corrected chi connectivity index (χ2v) is 7.35. The molecule has 4 rings (SSSR count). The highest BCUT2D eigenvalue weighted by atomic mass is 32.1. The van der Waals surface area contributed by atoms with Crippen molar-refractivity contribution in [2.24, 2.45) is 0 Å². The van der Waals surface area contributed by atoms with Crippen LogP contribution in [0.4, 0.5) is 5.13 Å². The molecule has 0 spiro atoms. The Kier molecular flexibility index (Phi) is 4.94. The molecular formula is C22H19N3OS. The number of hydrogen-bond acceptors (Lipinski definition) is 4. The van der Waals surface area contributed by atoms with Gasteiger partial charge in [0.05, 0.1) is 15.9 Å². The van der Waals surface area contributed by atoms with Crippen LogP contribution in [0.3, 0.4) is 0 Å². The number of benzene rings is 2. The number of anilines is 1. The summed E-state index contributed by atoms with van der Waals surface area (Å²) in [4.78, 5) is 21.5. The first-order valence-electron chi connectivity index (χ1n) is 8.95. The summed E-state index contributed by atoms with van der Waals surface area (Å²) < 4.78 is 1.06. The van der Waals surface area contributed by atoms with Crippen molar-refractivity contribution in [2.75, 3.05) is 5.32 Å². The normalized spacial score (nSPS) is 10.9. The Morgan fingerprint density at radius 2 is 1.85 bits per heavy atom. The monoisotopic (exact) mass is 373 g/mol. The number of rotatable bonds is 5. The van der Waals surface area contributed by atoms with Crippen molar-refractivity contribution >= 4 is 32.6 Å². The topological polar surface area (TPSA) is 54.9 Å². The Morgan fingerprint density at radius 3 is 2.56 bits per heavy atom. The quantitative estimate of drug-likeness (QED) is 0.498. The van der Waals surface area contributed by atoms with Gasteiger partial charge in [0.1, 0.15) is 0 Å². The number of hydrogen-bond donors (Lipinski definition) is 1. The zero-order chi connectivity index (χ0) is 18.6. The molecule has 27 heavy (non-hydrogen) atoms. The van der Waals surface area contributed by atoms with Crippen LogP contribution >= 0.6 is 11.3 Å². The van der Waals surface area contributed by atoms with Gasteiger partial charge in [-0.15, -0.1) is 0 Å². The van der Waals surface area contributed by atoms with E-state index in [1.807, 2.05) is 60.8 Å². The molecule has 0 saturated heterocycles. The number of thiazole rings is 1. The average molecular weight is 373 g/mol. The Hall–Kier alpha value is -3.05. The molecule has 0 fully saturated rings. The maximum Gasteiger partial charge on any atom is 0.257 e. The van der Waals surface area contributed by atoms with Crippen molar-refractivity contribution in [3.05, 3.63) is 78.0 Å². The van der Waals surface area contributed by atoms with Gasteiger partial charge in [0, 0.05) is 17.3 Å². The van der Waals surface area contributed by atoms with Crippen molar-refractivity contribution < 1.29 is 4.79 Å².